The molecule has 7 rings (SSSR count). The van der Waals surface area contributed by atoms with Gasteiger partial charge in [0, 0.05) is 30.5 Å². The lowest BCUT2D eigenvalue weighted by Gasteiger charge is -2.54. The van der Waals surface area contributed by atoms with E-state index in [0.717, 1.165) is 32.1 Å². The summed E-state index contributed by atoms with van der Waals surface area (Å²) in [6.45, 7) is 3.24. The summed E-state index contributed by atoms with van der Waals surface area (Å²) in [5.41, 5.74) is -1.85. The molecule has 4 aromatic rings. The molecule has 3 aliphatic rings. The van der Waals surface area contributed by atoms with Crippen molar-refractivity contribution in [3.8, 4) is 41.2 Å². The maximum absolute atomic E-state index is 17.1. The SMILES string of the molecule is C#Cc1c(F)ccc2cc(O)cc(-c3nc(OC)c4c(N5CCC[C@@](C)(O)C5)nc(OC[C@]56CCC[C@H]5[N+](C)([O-])CCC6)nc4c3F)c12. The van der Waals surface area contributed by atoms with E-state index in [1.165, 1.54) is 31.4 Å². The number of methoxy groups -OCH3 is 1. The normalized spacial score (nSPS) is 27.2. The zero-order chi connectivity index (χ0) is 34.0. The van der Waals surface area contributed by atoms with Gasteiger partial charge >= 0.3 is 6.01 Å². The van der Waals surface area contributed by atoms with Crippen LogP contribution in [0.15, 0.2) is 24.3 Å². The second-order valence-electron chi connectivity index (χ2n) is 14.1. The molecule has 1 aliphatic carbocycles. The number of halogens is 2. The highest BCUT2D eigenvalue weighted by Gasteiger charge is 2.53. The maximum Gasteiger partial charge on any atom is 0.319 e. The number of benzene rings is 2. The fourth-order valence-electron chi connectivity index (χ4n) is 8.49. The Balaban J connectivity index is 1.43. The van der Waals surface area contributed by atoms with E-state index in [0.29, 0.717) is 31.3 Å². The van der Waals surface area contributed by atoms with Gasteiger partial charge in [-0.05, 0) is 69.0 Å². The number of β-amino-alcohol motifs (C(OH)–C–C–N with tert-alkyl or cyclic N) is 1. The van der Waals surface area contributed by atoms with E-state index in [-0.39, 0.29) is 85.8 Å². The number of fused-ring (bicyclic) bond motifs is 3. The first kappa shape index (κ1) is 32.2. The molecular formula is C36H39F2N5O5. The van der Waals surface area contributed by atoms with E-state index in [1.54, 1.807) is 14.0 Å². The summed E-state index contributed by atoms with van der Waals surface area (Å²) in [4.78, 5) is 15.7. The Morgan fingerprint density at radius 2 is 1.92 bits per heavy atom. The zero-order valence-electron chi connectivity index (χ0n) is 27.4. The number of rotatable bonds is 6. The second kappa shape index (κ2) is 11.7. The largest absolute Gasteiger partial charge is 0.633 e. The van der Waals surface area contributed by atoms with E-state index < -0.39 is 17.2 Å². The molecule has 2 saturated heterocycles. The van der Waals surface area contributed by atoms with Crippen LogP contribution < -0.4 is 14.4 Å². The van der Waals surface area contributed by atoms with Crippen LogP contribution in [-0.2, 0) is 0 Å². The number of ether oxygens (including phenoxy) is 2. The fourth-order valence-corrected chi connectivity index (χ4v) is 8.49. The van der Waals surface area contributed by atoms with Crippen molar-refractivity contribution in [2.24, 2.45) is 5.41 Å². The molecule has 1 unspecified atom stereocenters. The molecule has 12 heteroatoms. The van der Waals surface area contributed by atoms with E-state index in [1.807, 2.05) is 4.90 Å². The minimum absolute atomic E-state index is 0.00975. The molecule has 0 amide bonds. The molecule has 0 radical (unpaired) electrons. The van der Waals surface area contributed by atoms with Crippen LogP contribution in [-0.4, -0.2) is 81.9 Å². The Hall–Kier alpha value is -4.31. The number of aromatic nitrogens is 3. The van der Waals surface area contributed by atoms with Gasteiger partial charge in [0.05, 0.1) is 43.3 Å². The van der Waals surface area contributed by atoms with Gasteiger partial charge in [-0.3, -0.25) is 0 Å². The van der Waals surface area contributed by atoms with Crippen molar-refractivity contribution in [3.63, 3.8) is 0 Å². The predicted molar refractivity (Wildman–Crippen MR) is 178 cm³/mol. The van der Waals surface area contributed by atoms with Gasteiger partial charge in [-0.2, -0.15) is 9.97 Å². The molecule has 2 N–H and O–H groups in total. The molecule has 1 saturated carbocycles. The molecule has 4 heterocycles. The van der Waals surface area contributed by atoms with Gasteiger partial charge in [-0.15, -0.1) is 6.42 Å². The third kappa shape index (κ3) is 5.34. The number of aliphatic hydroxyl groups is 1. The van der Waals surface area contributed by atoms with Crippen molar-refractivity contribution in [3.05, 3.63) is 46.7 Å². The summed E-state index contributed by atoms with van der Waals surface area (Å²) in [6, 6.07) is 5.14. The number of terminal acetylenes is 1. The Morgan fingerprint density at radius 1 is 1.12 bits per heavy atom. The summed E-state index contributed by atoms with van der Waals surface area (Å²) in [7, 11) is 3.12. The monoisotopic (exact) mass is 659 g/mol. The van der Waals surface area contributed by atoms with Gasteiger partial charge in [0.25, 0.3) is 0 Å². The first-order chi connectivity index (χ1) is 22.9. The molecule has 0 spiro atoms. The fraction of sp³-hybridized carbons (Fsp3) is 0.472. The Morgan fingerprint density at radius 3 is 2.67 bits per heavy atom. The second-order valence-corrected chi connectivity index (χ2v) is 14.1. The lowest BCUT2D eigenvalue weighted by atomic mass is 9.75. The smallest absolute Gasteiger partial charge is 0.319 e. The summed E-state index contributed by atoms with van der Waals surface area (Å²) >= 11 is 0. The molecule has 48 heavy (non-hydrogen) atoms. The van der Waals surface area contributed by atoms with Crippen molar-refractivity contribution in [2.75, 3.05) is 45.3 Å². The minimum Gasteiger partial charge on any atom is -0.633 e. The standard InChI is InChI=1S/C36H39F2N5O5/c1-5-23-25(37)11-10-21-17-22(44)18-24(27(21)23)30-29(38)31-28(33(39-30)47-4)32(42-15-7-12-35(2,45)19-42)41-34(40-31)48-20-36-13-6-9-26(36)43(3,46)16-8-14-36/h1,10-11,17-18,26,44-45H,6-9,12-16,19-20H2,2-4H3/t26-,35-,36-,43?/m1/s1. The third-order valence-corrected chi connectivity index (χ3v) is 10.6. The molecule has 10 nitrogen and oxygen atoms in total. The summed E-state index contributed by atoms with van der Waals surface area (Å²) in [5, 5.41) is 35.8. The van der Waals surface area contributed by atoms with E-state index >= 15 is 4.39 Å². The van der Waals surface area contributed by atoms with Crippen molar-refractivity contribution < 1.29 is 33.1 Å². The number of aromatic hydroxyl groups is 1. The van der Waals surface area contributed by atoms with Crippen LogP contribution in [0.1, 0.15) is 57.4 Å². The van der Waals surface area contributed by atoms with Crippen molar-refractivity contribution >= 4 is 27.5 Å². The predicted octanol–water partition coefficient (Wildman–Crippen LogP) is 5.83. The number of hydrogen-bond acceptors (Lipinski definition) is 9. The number of likely N-dealkylation sites (tertiary alicyclic amines) is 1. The number of hydroxylamine groups is 3. The average Bonchev–Trinajstić information content (AvgIpc) is 3.49. The molecule has 2 aliphatic heterocycles. The number of hydrogen-bond donors (Lipinski definition) is 2. The Labute approximate surface area is 277 Å². The lowest BCUT2D eigenvalue weighted by molar-refractivity contribution is -0.899. The van der Waals surface area contributed by atoms with Gasteiger partial charge < -0.3 is 34.4 Å². The quantitative estimate of drug-likeness (QED) is 0.150. The molecule has 3 fully saturated rings. The number of phenols is 1. The van der Waals surface area contributed by atoms with Crippen LogP contribution >= 0.6 is 0 Å². The Bertz CT molecular complexity index is 1980. The van der Waals surface area contributed by atoms with Gasteiger partial charge in [0.1, 0.15) is 40.6 Å². The van der Waals surface area contributed by atoms with Gasteiger partial charge in [-0.25, -0.2) is 13.8 Å². The molecule has 2 aromatic heterocycles. The van der Waals surface area contributed by atoms with Crippen LogP contribution in [0.2, 0.25) is 0 Å². The molecule has 4 atom stereocenters. The maximum atomic E-state index is 17.1. The number of pyridine rings is 1. The van der Waals surface area contributed by atoms with Gasteiger partial charge in [-0.1, -0.05) is 12.0 Å². The topological polar surface area (TPSA) is 124 Å². The number of nitrogens with zero attached hydrogens (tertiary/aromatic N) is 5. The van der Waals surface area contributed by atoms with Crippen LogP contribution in [0.5, 0.6) is 17.6 Å². The van der Waals surface area contributed by atoms with Crippen molar-refractivity contribution in [1.82, 2.24) is 15.0 Å². The van der Waals surface area contributed by atoms with Crippen LogP contribution in [0.4, 0.5) is 14.6 Å². The van der Waals surface area contributed by atoms with Crippen LogP contribution in [0.3, 0.4) is 0 Å². The molecule has 252 valence electrons. The average molecular weight is 660 g/mol. The lowest BCUT2D eigenvalue weighted by Crippen LogP contribution is -2.59. The first-order valence-electron chi connectivity index (χ1n) is 16.4. The van der Waals surface area contributed by atoms with E-state index in [9.17, 15) is 19.8 Å². The molecule has 2 aromatic carbocycles. The Kier molecular flexibility index (Phi) is 7.85. The van der Waals surface area contributed by atoms with Gasteiger partial charge in [0.2, 0.25) is 5.88 Å². The number of phenolic OH excluding ortho intramolecular Hbond substituents is 1. The molecular weight excluding hydrogens is 620 g/mol. The van der Waals surface area contributed by atoms with Crippen molar-refractivity contribution in [2.45, 2.75) is 63.5 Å². The van der Waals surface area contributed by atoms with E-state index in [4.69, 9.17) is 20.9 Å². The van der Waals surface area contributed by atoms with E-state index in [2.05, 4.69) is 15.9 Å². The minimum atomic E-state index is -1.03. The highest BCUT2D eigenvalue weighted by molar-refractivity contribution is 6.04. The van der Waals surface area contributed by atoms with Crippen LogP contribution in [0.25, 0.3) is 32.9 Å². The van der Waals surface area contributed by atoms with Crippen LogP contribution in [0, 0.1) is 34.6 Å². The zero-order valence-corrected chi connectivity index (χ0v) is 27.4. The summed E-state index contributed by atoms with van der Waals surface area (Å²) in [6.07, 6.45) is 11.2. The first-order valence-corrected chi connectivity index (χ1v) is 16.4. The summed E-state index contributed by atoms with van der Waals surface area (Å²) < 4.78 is 43.8. The highest BCUT2D eigenvalue weighted by atomic mass is 19.1. The number of piperidine rings is 2. The summed E-state index contributed by atoms with van der Waals surface area (Å²) in [5.74, 6) is 0.883. The molecule has 0 bridgehead atoms. The number of anilines is 1. The highest BCUT2D eigenvalue weighted by Crippen LogP contribution is 2.50. The third-order valence-electron chi connectivity index (χ3n) is 10.6. The van der Waals surface area contributed by atoms with Gasteiger partial charge in [0.15, 0.2) is 5.82 Å². The number of quaternary nitrogens is 1. The van der Waals surface area contributed by atoms with Crippen molar-refractivity contribution in [1.29, 1.82) is 0 Å².